The Morgan fingerprint density at radius 1 is 0.906 bits per heavy atom. The lowest BCUT2D eigenvalue weighted by Crippen LogP contribution is -2.41. The molecule has 5 rings (SSSR count). The fraction of sp³-hybridized carbons (Fsp3) is 0.360. The summed E-state index contributed by atoms with van der Waals surface area (Å²) in [4.78, 5) is 11.2. The number of nitrogens with zero attached hydrogens (tertiary/aromatic N) is 3. The third-order valence-corrected chi connectivity index (χ3v) is 6.11. The highest BCUT2D eigenvalue weighted by atomic mass is 16.6. The molecule has 2 aliphatic heterocycles. The molecular formula is C25H29N5O2. The molecule has 2 saturated heterocycles. The molecule has 0 saturated carbocycles. The second kappa shape index (κ2) is 9.24. The first-order valence-electron chi connectivity index (χ1n) is 11.1. The van der Waals surface area contributed by atoms with Crippen molar-refractivity contribution in [3.63, 3.8) is 0 Å². The van der Waals surface area contributed by atoms with Gasteiger partial charge in [-0.1, -0.05) is 42.5 Å². The van der Waals surface area contributed by atoms with E-state index in [4.69, 9.17) is 9.47 Å². The molecule has 166 valence electrons. The van der Waals surface area contributed by atoms with Gasteiger partial charge in [0.1, 0.15) is 12.2 Å². The molecule has 2 fully saturated rings. The van der Waals surface area contributed by atoms with Crippen molar-refractivity contribution in [2.24, 2.45) is 0 Å². The summed E-state index contributed by atoms with van der Waals surface area (Å²) in [6, 6.07) is 20.8. The van der Waals surface area contributed by atoms with Crippen LogP contribution in [-0.4, -0.2) is 61.6 Å². The molecule has 0 unspecified atom stereocenters. The van der Waals surface area contributed by atoms with Crippen molar-refractivity contribution in [2.45, 2.75) is 30.8 Å². The lowest BCUT2D eigenvalue weighted by atomic mass is 10.1. The number of rotatable bonds is 7. The van der Waals surface area contributed by atoms with Crippen LogP contribution in [0.1, 0.15) is 5.56 Å². The Labute approximate surface area is 188 Å². The minimum atomic E-state index is -0.0207. The zero-order valence-corrected chi connectivity index (χ0v) is 18.4. The first kappa shape index (κ1) is 20.9. The van der Waals surface area contributed by atoms with E-state index in [0.717, 1.165) is 17.8 Å². The van der Waals surface area contributed by atoms with Gasteiger partial charge in [0.25, 0.3) is 0 Å². The highest BCUT2D eigenvalue weighted by molar-refractivity contribution is 5.59. The number of aromatic nitrogens is 2. The first-order chi connectivity index (χ1) is 15.7. The average Bonchev–Trinajstić information content (AvgIpc) is 3.42. The number of hydrogen-bond acceptors (Lipinski definition) is 7. The highest BCUT2D eigenvalue weighted by Gasteiger charge is 2.47. The highest BCUT2D eigenvalue weighted by Crippen LogP contribution is 2.29. The second-order valence-corrected chi connectivity index (χ2v) is 8.53. The topological polar surface area (TPSA) is 71.5 Å². The maximum absolute atomic E-state index is 6.12. The van der Waals surface area contributed by atoms with Crippen LogP contribution in [0.5, 0.6) is 0 Å². The normalized spacial score (nSPS) is 24.3. The molecule has 0 amide bonds. The van der Waals surface area contributed by atoms with E-state index in [-0.39, 0.29) is 24.3 Å². The van der Waals surface area contributed by atoms with Crippen molar-refractivity contribution in [1.82, 2.24) is 15.3 Å². The van der Waals surface area contributed by atoms with Crippen LogP contribution in [0.25, 0.3) is 11.3 Å². The average molecular weight is 432 g/mol. The molecular weight excluding hydrogens is 402 g/mol. The van der Waals surface area contributed by atoms with Crippen LogP contribution in [0.15, 0.2) is 66.9 Å². The molecule has 7 heteroatoms. The maximum atomic E-state index is 6.12. The van der Waals surface area contributed by atoms with E-state index in [9.17, 15) is 0 Å². The van der Waals surface area contributed by atoms with Crippen molar-refractivity contribution in [2.75, 3.05) is 37.5 Å². The summed E-state index contributed by atoms with van der Waals surface area (Å²) in [6.07, 6.45) is 1.78. The van der Waals surface area contributed by atoms with Gasteiger partial charge >= 0.3 is 0 Å². The molecule has 2 N–H and O–H groups in total. The standard InChI is InChI=1S/C25H29N5O2/c1-30(2)19-10-8-17(9-11-19)14-27-21-15-31-24-22(16-32-23(21)24)29-25-26-13-12-20(28-25)18-6-4-3-5-7-18/h3-13,21-24,27H,14-16H2,1-2H3,(H,26,28,29)/t21-,22+,23-,24+/m1/s1. The summed E-state index contributed by atoms with van der Waals surface area (Å²) in [5.74, 6) is 0.599. The van der Waals surface area contributed by atoms with Crippen LogP contribution in [0.2, 0.25) is 0 Å². The van der Waals surface area contributed by atoms with Gasteiger partial charge in [0.05, 0.1) is 31.0 Å². The van der Waals surface area contributed by atoms with Crippen molar-refractivity contribution in [3.05, 3.63) is 72.4 Å². The van der Waals surface area contributed by atoms with E-state index in [2.05, 4.69) is 49.8 Å². The molecule has 0 spiro atoms. The third-order valence-electron chi connectivity index (χ3n) is 6.11. The van der Waals surface area contributed by atoms with Gasteiger partial charge in [-0.25, -0.2) is 9.97 Å². The van der Waals surface area contributed by atoms with Crippen LogP contribution < -0.4 is 15.5 Å². The van der Waals surface area contributed by atoms with Gasteiger partial charge in [-0.3, -0.25) is 0 Å². The quantitative estimate of drug-likeness (QED) is 0.596. The SMILES string of the molecule is CN(C)c1ccc(CN[C@@H]2CO[C@@H]3[C@@H]2OC[C@@H]3Nc2nccc(-c3ccccc3)n2)cc1. The second-order valence-electron chi connectivity index (χ2n) is 8.53. The van der Waals surface area contributed by atoms with E-state index in [1.165, 1.54) is 11.3 Å². The minimum absolute atomic E-state index is 0.0193. The van der Waals surface area contributed by atoms with Crippen LogP contribution in [0, 0.1) is 0 Å². The van der Waals surface area contributed by atoms with Crippen LogP contribution >= 0.6 is 0 Å². The predicted molar refractivity (Wildman–Crippen MR) is 126 cm³/mol. The van der Waals surface area contributed by atoms with E-state index in [1.54, 1.807) is 6.20 Å². The molecule has 1 aromatic heterocycles. The lowest BCUT2D eigenvalue weighted by molar-refractivity contribution is 0.0675. The maximum Gasteiger partial charge on any atom is 0.223 e. The minimum Gasteiger partial charge on any atom is -0.378 e. The fourth-order valence-electron chi connectivity index (χ4n) is 4.32. The fourth-order valence-corrected chi connectivity index (χ4v) is 4.32. The van der Waals surface area contributed by atoms with Gasteiger partial charge in [-0.2, -0.15) is 0 Å². The van der Waals surface area contributed by atoms with E-state index in [1.807, 2.05) is 50.5 Å². The van der Waals surface area contributed by atoms with Gasteiger partial charge in [0.15, 0.2) is 0 Å². The molecule has 2 aliphatic rings. The van der Waals surface area contributed by atoms with Gasteiger partial charge in [0.2, 0.25) is 5.95 Å². The molecule has 0 radical (unpaired) electrons. The number of anilines is 2. The van der Waals surface area contributed by atoms with Gasteiger partial charge in [0, 0.05) is 38.1 Å². The zero-order chi connectivity index (χ0) is 21.9. The summed E-state index contributed by atoms with van der Waals surface area (Å²) >= 11 is 0. The Balaban J connectivity index is 1.18. The Bertz CT molecular complexity index is 1030. The summed E-state index contributed by atoms with van der Waals surface area (Å²) in [7, 11) is 4.10. The number of fused-ring (bicyclic) bond motifs is 1. The molecule has 0 aliphatic carbocycles. The molecule has 7 nitrogen and oxygen atoms in total. The summed E-state index contributed by atoms with van der Waals surface area (Å²) in [5.41, 5.74) is 4.41. The zero-order valence-electron chi connectivity index (χ0n) is 18.4. The van der Waals surface area contributed by atoms with Crippen LogP contribution in [0.4, 0.5) is 11.6 Å². The van der Waals surface area contributed by atoms with Gasteiger partial charge < -0.3 is 25.0 Å². The Morgan fingerprint density at radius 2 is 1.62 bits per heavy atom. The largest absolute Gasteiger partial charge is 0.378 e. The van der Waals surface area contributed by atoms with Crippen LogP contribution in [0.3, 0.4) is 0 Å². The Morgan fingerprint density at radius 3 is 2.38 bits per heavy atom. The van der Waals surface area contributed by atoms with Crippen LogP contribution in [-0.2, 0) is 16.0 Å². The molecule has 2 aromatic carbocycles. The Hall–Kier alpha value is -3.00. The monoisotopic (exact) mass is 431 g/mol. The number of benzene rings is 2. The number of ether oxygens (including phenoxy) is 2. The summed E-state index contributed by atoms with van der Waals surface area (Å²) in [6.45, 7) is 1.99. The molecule has 3 heterocycles. The van der Waals surface area contributed by atoms with E-state index >= 15 is 0 Å². The molecule has 32 heavy (non-hydrogen) atoms. The van der Waals surface area contributed by atoms with Crippen molar-refractivity contribution < 1.29 is 9.47 Å². The summed E-state index contributed by atoms with van der Waals surface area (Å²) in [5, 5.41) is 7.04. The van der Waals surface area contributed by atoms with E-state index < -0.39 is 0 Å². The van der Waals surface area contributed by atoms with Crippen molar-refractivity contribution in [3.8, 4) is 11.3 Å². The van der Waals surface area contributed by atoms with Crippen molar-refractivity contribution >= 4 is 11.6 Å². The predicted octanol–water partition coefficient (Wildman–Crippen LogP) is 2.95. The molecule has 4 atom stereocenters. The van der Waals surface area contributed by atoms with Gasteiger partial charge in [-0.15, -0.1) is 0 Å². The third kappa shape index (κ3) is 4.46. The number of nitrogens with one attached hydrogen (secondary N) is 2. The van der Waals surface area contributed by atoms with Gasteiger partial charge in [-0.05, 0) is 23.8 Å². The van der Waals surface area contributed by atoms with Crippen molar-refractivity contribution in [1.29, 1.82) is 0 Å². The molecule has 0 bridgehead atoms. The number of hydrogen-bond donors (Lipinski definition) is 2. The molecule has 3 aromatic rings. The Kier molecular flexibility index (Phi) is 6.03. The summed E-state index contributed by atoms with van der Waals surface area (Å²) < 4.78 is 12.2. The van der Waals surface area contributed by atoms with E-state index in [0.29, 0.717) is 19.2 Å². The smallest absolute Gasteiger partial charge is 0.223 e. The first-order valence-corrected chi connectivity index (χ1v) is 11.1. The lowest BCUT2D eigenvalue weighted by Gasteiger charge is -2.19.